The number of anilines is 1. The van der Waals surface area contributed by atoms with Crippen LogP contribution < -0.4 is 10.0 Å². The Bertz CT molecular complexity index is 1030. The van der Waals surface area contributed by atoms with Gasteiger partial charge in [-0.25, -0.2) is 12.8 Å². The highest BCUT2D eigenvalue weighted by atomic mass is 32.2. The molecule has 0 aliphatic carbocycles. The molecule has 0 atom stereocenters. The van der Waals surface area contributed by atoms with Crippen molar-refractivity contribution in [3.8, 4) is 0 Å². The number of thiophene rings is 1. The minimum Gasteiger partial charge on any atom is -0.355 e. The van der Waals surface area contributed by atoms with Crippen molar-refractivity contribution in [1.82, 2.24) is 5.32 Å². The maximum Gasteiger partial charge on any atom is 0.271 e. The van der Waals surface area contributed by atoms with Crippen LogP contribution in [0.4, 0.5) is 10.1 Å². The monoisotopic (exact) mass is 418 g/mol. The Kier molecular flexibility index (Phi) is 6.43. The normalized spacial score (nSPS) is 11.2. The molecule has 0 bridgehead atoms. The molecule has 0 radical (unpaired) electrons. The maximum atomic E-state index is 13.5. The zero-order valence-corrected chi connectivity index (χ0v) is 16.5. The molecule has 0 aliphatic rings. The zero-order valence-electron chi connectivity index (χ0n) is 14.9. The van der Waals surface area contributed by atoms with Crippen LogP contribution >= 0.6 is 11.3 Å². The van der Waals surface area contributed by atoms with E-state index in [0.717, 1.165) is 16.9 Å². The number of carbonyl (C=O) groups excluding carboxylic acids is 1. The average Bonchev–Trinajstić information content (AvgIpc) is 3.21. The third kappa shape index (κ3) is 5.40. The molecule has 3 aromatic rings. The third-order valence-corrected chi connectivity index (χ3v) is 6.78. The van der Waals surface area contributed by atoms with E-state index in [1.165, 1.54) is 12.1 Å². The number of carbonyl (C=O) groups is 1. The predicted molar refractivity (Wildman–Crippen MR) is 108 cm³/mol. The fraction of sp³-hybridized carbons (Fsp3) is 0.150. The third-order valence-electron chi connectivity index (χ3n) is 4.01. The fourth-order valence-corrected chi connectivity index (χ4v) is 4.65. The number of nitrogens with one attached hydrogen (secondary N) is 2. The second-order valence-electron chi connectivity index (χ2n) is 6.10. The SMILES string of the molecule is O=C(Cc1ccc(NS(=O)(=O)c2cccs2)cc1)NCCc1ccccc1F. The van der Waals surface area contributed by atoms with Crippen LogP contribution in [0, 0.1) is 5.82 Å². The Morgan fingerprint density at radius 1 is 1.00 bits per heavy atom. The molecule has 0 spiro atoms. The van der Waals surface area contributed by atoms with Gasteiger partial charge in [-0.1, -0.05) is 36.4 Å². The lowest BCUT2D eigenvalue weighted by atomic mass is 10.1. The summed E-state index contributed by atoms with van der Waals surface area (Å²) in [5.41, 5.74) is 1.74. The smallest absolute Gasteiger partial charge is 0.271 e. The average molecular weight is 419 g/mol. The highest BCUT2D eigenvalue weighted by Crippen LogP contribution is 2.20. The van der Waals surface area contributed by atoms with Crippen LogP contribution in [0.15, 0.2) is 70.3 Å². The summed E-state index contributed by atoms with van der Waals surface area (Å²) in [6.07, 6.45) is 0.580. The van der Waals surface area contributed by atoms with E-state index in [4.69, 9.17) is 0 Å². The number of amides is 1. The van der Waals surface area contributed by atoms with Crippen molar-refractivity contribution in [2.75, 3.05) is 11.3 Å². The van der Waals surface area contributed by atoms with Gasteiger partial charge in [0.15, 0.2) is 0 Å². The van der Waals surface area contributed by atoms with Crippen molar-refractivity contribution in [2.24, 2.45) is 0 Å². The van der Waals surface area contributed by atoms with Crippen LogP contribution in [-0.2, 0) is 27.7 Å². The standard InChI is InChI=1S/C20H19FN2O3S2/c21-18-5-2-1-4-16(18)11-12-22-19(24)14-15-7-9-17(10-8-15)23-28(25,26)20-6-3-13-27-20/h1-10,13,23H,11-12,14H2,(H,22,24). The lowest BCUT2D eigenvalue weighted by Gasteiger charge is -2.08. The molecule has 0 aliphatic heterocycles. The first kappa shape index (κ1) is 20.0. The topological polar surface area (TPSA) is 75.3 Å². The van der Waals surface area contributed by atoms with Crippen molar-refractivity contribution >= 4 is 33.0 Å². The first-order chi connectivity index (χ1) is 13.4. The Morgan fingerprint density at radius 3 is 2.43 bits per heavy atom. The molecule has 0 fully saturated rings. The van der Waals surface area contributed by atoms with Gasteiger partial charge >= 0.3 is 0 Å². The molecule has 146 valence electrons. The van der Waals surface area contributed by atoms with Crippen LogP contribution in [0.3, 0.4) is 0 Å². The molecule has 2 aromatic carbocycles. The molecule has 0 saturated carbocycles. The van der Waals surface area contributed by atoms with Crippen LogP contribution in [-0.4, -0.2) is 20.9 Å². The van der Waals surface area contributed by atoms with Gasteiger partial charge in [-0.3, -0.25) is 9.52 Å². The summed E-state index contributed by atoms with van der Waals surface area (Å²) in [4.78, 5) is 12.0. The Balaban J connectivity index is 1.50. The van der Waals surface area contributed by atoms with Gasteiger partial charge in [0, 0.05) is 12.2 Å². The predicted octanol–water partition coefficient (Wildman–Crippen LogP) is 3.59. The maximum absolute atomic E-state index is 13.5. The summed E-state index contributed by atoms with van der Waals surface area (Å²) in [6, 6.07) is 16.3. The molecule has 8 heteroatoms. The van der Waals surface area contributed by atoms with Gasteiger partial charge in [0.1, 0.15) is 10.0 Å². The van der Waals surface area contributed by atoms with Gasteiger partial charge in [-0.05, 0) is 47.2 Å². The van der Waals surface area contributed by atoms with Crippen molar-refractivity contribution in [3.05, 3.63) is 83.0 Å². The number of hydrogen-bond acceptors (Lipinski definition) is 4. The van der Waals surface area contributed by atoms with Crippen LogP contribution in [0.1, 0.15) is 11.1 Å². The second-order valence-corrected chi connectivity index (χ2v) is 8.96. The minimum absolute atomic E-state index is 0.162. The minimum atomic E-state index is -3.59. The summed E-state index contributed by atoms with van der Waals surface area (Å²) in [7, 11) is -3.59. The van der Waals surface area contributed by atoms with Gasteiger partial charge in [-0.2, -0.15) is 0 Å². The van der Waals surface area contributed by atoms with E-state index in [0.29, 0.717) is 24.2 Å². The van der Waals surface area contributed by atoms with Gasteiger partial charge in [0.05, 0.1) is 6.42 Å². The number of benzene rings is 2. The highest BCUT2D eigenvalue weighted by Gasteiger charge is 2.15. The Hall–Kier alpha value is -2.71. The Morgan fingerprint density at radius 2 is 1.75 bits per heavy atom. The number of rotatable bonds is 8. The van der Waals surface area contributed by atoms with E-state index in [9.17, 15) is 17.6 Å². The molecule has 2 N–H and O–H groups in total. The molecule has 28 heavy (non-hydrogen) atoms. The summed E-state index contributed by atoms with van der Waals surface area (Å²) < 4.78 is 40.7. The number of hydrogen-bond donors (Lipinski definition) is 2. The molecule has 5 nitrogen and oxygen atoms in total. The molecule has 3 rings (SSSR count). The van der Waals surface area contributed by atoms with E-state index in [-0.39, 0.29) is 22.4 Å². The summed E-state index contributed by atoms with van der Waals surface area (Å²) in [5.74, 6) is -0.458. The summed E-state index contributed by atoms with van der Waals surface area (Å²) in [5, 5.41) is 4.46. The van der Waals surface area contributed by atoms with Crippen LogP contribution in [0.5, 0.6) is 0 Å². The van der Waals surface area contributed by atoms with Crippen molar-refractivity contribution in [2.45, 2.75) is 17.1 Å². The fourth-order valence-electron chi connectivity index (χ4n) is 2.60. The first-order valence-electron chi connectivity index (χ1n) is 8.59. The molecule has 0 saturated heterocycles. The molecule has 1 amide bonds. The Labute approximate surface area is 167 Å². The molecular formula is C20H19FN2O3S2. The van der Waals surface area contributed by atoms with Gasteiger partial charge in [-0.15, -0.1) is 11.3 Å². The van der Waals surface area contributed by atoms with E-state index in [2.05, 4.69) is 10.0 Å². The summed E-state index contributed by atoms with van der Waals surface area (Å²) in [6.45, 7) is 0.346. The van der Waals surface area contributed by atoms with Gasteiger partial charge in [0.25, 0.3) is 10.0 Å². The van der Waals surface area contributed by atoms with Crippen molar-refractivity contribution in [1.29, 1.82) is 0 Å². The first-order valence-corrected chi connectivity index (χ1v) is 11.0. The second kappa shape index (κ2) is 8.99. The van der Waals surface area contributed by atoms with Crippen LogP contribution in [0.25, 0.3) is 0 Å². The van der Waals surface area contributed by atoms with E-state index in [1.807, 2.05) is 0 Å². The summed E-state index contributed by atoms with van der Waals surface area (Å²) >= 11 is 1.14. The molecule has 1 aromatic heterocycles. The number of sulfonamides is 1. The largest absolute Gasteiger partial charge is 0.355 e. The van der Waals surface area contributed by atoms with E-state index < -0.39 is 10.0 Å². The molecular weight excluding hydrogens is 399 g/mol. The van der Waals surface area contributed by atoms with Crippen LogP contribution in [0.2, 0.25) is 0 Å². The lowest BCUT2D eigenvalue weighted by Crippen LogP contribution is -2.27. The van der Waals surface area contributed by atoms with Gasteiger partial charge in [0.2, 0.25) is 5.91 Å². The van der Waals surface area contributed by atoms with Crippen molar-refractivity contribution in [3.63, 3.8) is 0 Å². The quantitative estimate of drug-likeness (QED) is 0.587. The molecule has 0 unspecified atom stereocenters. The van der Waals surface area contributed by atoms with Gasteiger partial charge < -0.3 is 5.32 Å². The van der Waals surface area contributed by atoms with Crippen molar-refractivity contribution < 1.29 is 17.6 Å². The highest BCUT2D eigenvalue weighted by molar-refractivity contribution is 7.94. The molecule has 1 heterocycles. The van der Waals surface area contributed by atoms with E-state index in [1.54, 1.807) is 53.9 Å². The lowest BCUT2D eigenvalue weighted by molar-refractivity contribution is -0.120. The zero-order chi connectivity index (χ0) is 20.0. The number of halogens is 1. The van der Waals surface area contributed by atoms with E-state index >= 15 is 0 Å².